The Kier molecular flexibility index (Phi) is 5.94. The number of imide groups is 2. The van der Waals surface area contributed by atoms with E-state index in [0.29, 0.717) is 32.1 Å². The fourth-order valence-corrected chi connectivity index (χ4v) is 4.61. The smallest absolute Gasteiger partial charge is 0.335 e. The molecule has 30 heavy (non-hydrogen) atoms. The highest BCUT2D eigenvalue weighted by Gasteiger charge is 2.48. The van der Waals surface area contributed by atoms with Crippen LogP contribution in [0.1, 0.15) is 50.7 Å². The maximum Gasteiger partial charge on any atom is 0.335 e. The van der Waals surface area contributed by atoms with Gasteiger partial charge in [-0.15, -0.1) is 0 Å². The van der Waals surface area contributed by atoms with E-state index in [0.717, 1.165) is 48.3 Å². The monoisotopic (exact) mass is 415 g/mol. The first-order chi connectivity index (χ1) is 14.5. The third-order valence-corrected chi connectivity index (χ3v) is 6.07. The molecular formula is C22H29N3O5. The molecule has 2 fully saturated rings. The van der Waals surface area contributed by atoms with Gasteiger partial charge < -0.3 is 9.47 Å². The number of ether oxygens (including phenoxy) is 2. The second-order valence-corrected chi connectivity index (χ2v) is 8.01. The molecule has 2 heterocycles. The van der Waals surface area contributed by atoms with Gasteiger partial charge in [-0.3, -0.25) is 19.4 Å². The van der Waals surface area contributed by atoms with Crippen LogP contribution in [0, 0.1) is 0 Å². The Morgan fingerprint density at radius 3 is 2.20 bits per heavy atom. The first-order valence-corrected chi connectivity index (χ1v) is 10.9. The minimum Gasteiger partial charge on any atom is -0.490 e. The number of carbonyl (C=O) groups is 3. The number of rotatable bonds is 7. The van der Waals surface area contributed by atoms with Crippen LogP contribution in [-0.4, -0.2) is 65.0 Å². The summed E-state index contributed by atoms with van der Waals surface area (Å²) >= 11 is 0. The normalized spacial score (nSPS) is 20.3. The maximum absolute atomic E-state index is 12.8. The SMILES string of the molecule is CCOc1cc2c(cc1OCC)CN(CN1C(=O)C(=O)N(C3CCCC3)C1=O)CC2. The highest BCUT2D eigenvalue weighted by atomic mass is 16.5. The number of fused-ring (bicyclic) bond motifs is 1. The lowest BCUT2D eigenvalue weighted by Gasteiger charge is -2.32. The average Bonchev–Trinajstić information content (AvgIpc) is 3.32. The van der Waals surface area contributed by atoms with Gasteiger partial charge in [0.05, 0.1) is 19.9 Å². The van der Waals surface area contributed by atoms with Crippen LogP contribution in [0.3, 0.4) is 0 Å². The van der Waals surface area contributed by atoms with Crippen molar-refractivity contribution in [1.82, 2.24) is 14.7 Å². The molecule has 162 valence electrons. The van der Waals surface area contributed by atoms with Crippen LogP contribution >= 0.6 is 0 Å². The fraction of sp³-hybridized carbons (Fsp3) is 0.591. The highest BCUT2D eigenvalue weighted by Crippen LogP contribution is 2.34. The van der Waals surface area contributed by atoms with Gasteiger partial charge in [-0.1, -0.05) is 12.8 Å². The molecule has 0 spiro atoms. The van der Waals surface area contributed by atoms with Crippen LogP contribution in [0.2, 0.25) is 0 Å². The molecule has 0 N–H and O–H groups in total. The van der Waals surface area contributed by atoms with Crippen molar-refractivity contribution in [2.75, 3.05) is 26.4 Å². The summed E-state index contributed by atoms with van der Waals surface area (Å²) in [6.45, 7) is 6.38. The molecule has 8 nitrogen and oxygen atoms in total. The Labute approximate surface area is 176 Å². The van der Waals surface area contributed by atoms with E-state index >= 15 is 0 Å². The lowest BCUT2D eigenvalue weighted by atomic mass is 9.99. The molecule has 0 atom stereocenters. The summed E-state index contributed by atoms with van der Waals surface area (Å²) in [4.78, 5) is 42.1. The number of carbonyl (C=O) groups excluding carboxylic acids is 3. The molecule has 8 heteroatoms. The number of hydrogen-bond acceptors (Lipinski definition) is 6. The van der Waals surface area contributed by atoms with E-state index in [4.69, 9.17) is 9.47 Å². The highest BCUT2D eigenvalue weighted by molar-refractivity contribution is 6.44. The lowest BCUT2D eigenvalue weighted by Crippen LogP contribution is -2.45. The molecule has 1 saturated carbocycles. The molecule has 2 aliphatic heterocycles. The molecule has 0 unspecified atom stereocenters. The molecule has 1 aromatic carbocycles. The Balaban J connectivity index is 1.48. The van der Waals surface area contributed by atoms with Crippen molar-refractivity contribution in [3.05, 3.63) is 23.3 Å². The zero-order valence-corrected chi connectivity index (χ0v) is 17.7. The average molecular weight is 415 g/mol. The molecule has 1 aromatic rings. The maximum atomic E-state index is 12.8. The molecule has 0 bridgehead atoms. The Morgan fingerprint density at radius 2 is 1.57 bits per heavy atom. The second kappa shape index (κ2) is 8.63. The predicted molar refractivity (Wildman–Crippen MR) is 109 cm³/mol. The molecule has 4 rings (SSSR count). The van der Waals surface area contributed by atoms with E-state index in [1.165, 1.54) is 10.5 Å². The van der Waals surface area contributed by atoms with Crippen LogP contribution in [0.15, 0.2) is 12.1 Å². The molecule has 4 amide bonds. The molecule has 1 saturated heterocycles. The van der Waals surface area contributed by atoms with E-state index in [9.17, 15) is 14.4 Å². The number of nitrogens with zero attached hydrogens (tertiary/aromatic N) is 3. The summed E-state index contributed by atoms with van der Waals surface area (Å²) in [5.74, 6) is 0.0637. The standard InChI is InChI=1S/C22H29N3O5/c1-3-29-18-11-15-9-10-23(13-16(15)12-19(18)30-4-2)14-24-20(26)21(27)25(22(24)28)17-7-5-6-8-17/h11-12,17H,3-10,13-14H2,1-2H3. The summed E-state index contributed by atoms with van der Waals surface area (Å²) in [6, 6.07) is 3.41. The van der Waals surface area contributed by atoms with Gasteiger partial charge in [0.25, 0.3) is 0 Å². The lowest BCUT2D eigenvalue weighted by molar-refractivity contribution is -0.144. The largest absolute Gasteiger partial charge is 0.490 e. The van der Waals surface area contributed by atoms with Gasteiger partial charge in [0.1, 0.15) is 0 Å². The van der Waals surface area contributed by atoms with Crippen molar-refractivity contribution in [1.29, 1.82) is 0 Å². The topological polar surface area (TPSA) is 79.4 Å². The van der Waals surface area contributed by atoms with Crippen molar-refractivity contribution in [3.63, 3.8) is 0 Å². The van der Waals surface area contributed by atoms with Crippen molar-refractivity contribution >= 4 is 17.8 Å². The molecule has 3 aliphatic rings. The Bertz CT molecular complexity index is 849. The zero-order chi connectivity index (χ0) is 21.3. The van der Waals surface area contributed by atoms with E-state index in [2.05, 4.69) is 0 Å². The summed E-state index contributed by atoms with van der Waals surface area (Å²) in [5, 5.41) is 0. The zero-order valence-electron chi connectivity index (χ0n) is 17.7. The summed E-state index contributed by atoms with van der Waals surface area (Å²) < 4.78 is 11.4. The fourth-order valence-electron chi connectivity index (χ4n) is 4.61. The Hall–Kier alpha value is -2.61. The van der Waals surface area contributed by atoms with Crippen LogP contribution in [0.25, 0.3) is 0 Å². The van der Waals surface area contributed by atoms with Gasteiger partial charge in [0, 0.05) is 19.1 Å². The predicted octanol–water partition coefficient (Wildman–Crippen LogP) is 2.53. The molecule has 1 aliphatic carbocycles. The van der Waals surface area contributed by atoms with Gasteiger partial charge in [0.15, 0.2) is 11.5 Å². The van der Waals surface area contributed by atoms with Gasteiger partial charge >= 0.3 is 17.8 Å². The van der Waals surface area contributed by atoms with Gasteiger partial charge in [0.2, 0.25) is 0 Å². The van der Waals surface area contributed by atoms with Crippen LogP contribution < -0.4 is 9.47 Å². The minimum absolute atomic E-state index is 0.128. The summed E-state index contributed by atoms with van der Waals surface area (Å²) in [5.41, 5.74) is 2.27. The third kappa shape index (κ3) is 3.76. The first kappa shape index (κ1) is 20.7. The van der Waals surface area contributed by atoms with Crippen molar-refractivity contribution in [3.8, 4) is 11.5 Å². The van der Waals surface area contributed by atoms with Crippen molar-refractivity contribution < 1.29 is 23.9 Å². The van der Waals surface area contributed by atoms with E-state index in [-0.39, 0.29) is 12.7 Å². The number of urea groups is 1. The second-order valence-electron chi connectivity index (χ2n) is 8.01. The molecule has 0 aromatic heterocycles. The minimum atomic E-state index is -0.709. The summed E-state index contributed by atoms with van der Waals surface area (Å²) in [7, 11) is 0. The van der Waals surface area contributed by atoms with Gasteiger partial charge in [-0.25, -0.2) is 9.69 Å². The number of hydrogen-bond donors (Lipinski definition) is 0. The van der Waals surface area contributed by atoms with Crippen LogP contribution in [0.5, 0.6) is 11.5 Å². The van der Waals surface area contributed by atoms with E-state index < -0.39 is 17.8 Å². The Morgan fingerprint density at radius 1 is 0.933 bits per heavy atom. The summed E-state index contributed by atoms with van der Waals surface area (Å²) in [6.07, 6.45) is 4.34. The quantitative estimate of drug-likeness (QED) is 0.503. The van der Waals surface area contributed by atoms with Gasteiger partial charge in [-0.05, 0) is 56.4 Å². The van der Waals surface area contributed by atoms with Crippen molar-refractivity contribution in [2.45, 2.75) is 58.5 Å². The van der Waals surface area contributed by atoms with Crippen LogP contribution in [0.4, 0.5) is 4.79 Å². The van der Waals surface area contributed by atoms with Gasteiger partial charge in [-0.2, -0.15) is 0 Å². The number of benzene rings is 1. The molecule has 0 radical (unpaired) electrons. The van der Waals surface area contributed by atoms with E-state index in [1.54, 1.807) is 0 Å². The van der Waals surface area contributed by atoms with Crippen LogP contribution in [-0.2, 0) is 22.6 Å². The molecular weight excluding hydrogens is 386 g/mol. The first-order valence-electron chi connectivity index (χ1n) is 10.9. The van der Waals surface area contributed by atoms with E-state index in [1.807, 2.05) is 30.9 Å². The third-order valence-electron chi connectivity index (χ3n) is 6.07. The number of amides is 4. The van der Waals surface area contributed by atoms with Crippen molar-refractivity contribution in [2.24, 2.45) is 0 Å².